The third-order valence-electron chi connectivity index (χ3n) is 5.74. The van der Waals surface area contributed by atoms with Crippen molar-refractivity contribution in [3.8, 4) is 28.4 Å². The molecule has 0 unspecified atom stereocenters. The Balaban J connectivity index is 1.51. The molecule has 2 N–H and O–H groups in total. The van der Waals surface area contributed by atoms with Crippen LogP contribution in [0.25, 0.3) is 11.1 Å². The van der Waals surface area contributed by atoms with Crippen molar-refractivity contribution in [3.63, 3.8) is 0 Å². The van der Waals surface area contributed by atoms with E-state index < -0.39 is 5.97 Å². The molecular formula is C29H24O6. The highest BCUT2D eigenvalue weighted by Gasteiger charge is 2.18. The van der Waals surface area contributed by atoms with E-state index in [1.807, 2.05) is 30.3 Å². The van der Waals surface area contributed by atoms with Gasteiger partial charge in [-0.25, -0.2) is 4.79 Å². The number of carbonyl (C=O) groups is 2. The molecule has 0 atom stereocenters. The molecule has 0 aliphatic carbocycles. The second-order valence-electron chi connectivity index (χ2n) is 8.02. The van der Waals surface area contributed by atoms with E-state index in [1.54, 1.807) is 68.6 Å². The van der Waals surface area contributed by atoms with Crippen molar-refractivity contribution in [3.05, 3.63) is 113 Å². The maximum Gasteiger partial charge on any atom is 0.335 e. The minimum absolute atomic E-state index is 0.123. The Kier molecular flexibility index (Phi) is 6.83. The first-order valence-corrected chi connectivity index (χ1v) is 10.9. The van der Waals surface area contributed by atoms with Gasteiger partial charge in [-0.15, -0.1) is 0 Å². The van der Waals surface area contributed by atoms with E-state index in [1.165, 1.54) is 0 Å². The lowest BCUT2D eigenvalue weighted by Gasteiger charge is -2.14. The van der Waals surface area contributed by atoms with Crippen molar-refractivity contribution in [1.82, 2.24) is 0 Å². The van der Waals surface area contributed by atoms with Gasteiger partial charge in [0.1, 0.15) is 23.9 Å². The van der Waals surface area contributed by atoms with Crippen LogP contribution in [0.1, 0.15) is 37.4 Å². The molecule has 4 aromatic rings. The molecule has 6 heteroatoms. The second kappa shape index (κ2) is 10.1. The van der Waals surface area contributed by atoms with Gasteiger partial charge in [0.2, 0.25) is 0 Å². The Morgan fingerprint density at radius 1 is 0.829 bits per heavy atom. The van der Waals surface area contributed by atoms with Crippen LogP contribution in [0, 0.1) is 6.92 Å². The van der Waals surface area contributed by atoms with E-state index in [0.29, 0.717) is 22.6 Å². The summed E-state index contributed by atoms with van der Waals surface area (Å²) < 4.78 is 11.1. The summed E-state index contributed by atoms with van der Waals surface area (Å²) >= 11 is 0. The van der Waals surface area contributed by atoms with Crippen molar-refractivity contribution < 1.29 is 29.3 Å². The summed E-state index contributed by atoms with van der Waals surface area (Å²) in [6.07, 6.45) is 0. The minimum Gasteiger partial charge on any atom is -0.507 e. The fourth-order valence-electron chi connectivity index (χ4n) is 3.75. The summed E-state index contributed by atoms with van der Waals surface area (Å²) in [7, 11) is 1.55. The Labute approximate surface area is 203 Å². The van der Waals surface area contributed by atoms with Crippen LogP contribution in [-0.2, 0) is 6.61 Å². The number of aromatic carboxylic acids is 1. The monoisotopic (exact) mass is 468 g/mol. The summed E-state index contributed by atoms with van der Waals surface area (Å²) in [5.41, 5.74) is 3.86. The van der Waals surface area contributed by atoms with E-state index in [4.69, 9.17) is 9.47 Å². The van der Waals surface area contributed by atoms with Gasteiger partial charge in [0.25, 0.3) is 0 Å². The Morgan fingerprint density at radius 3 is 2.20 bits per heavy atom. The number of phenols is 1. The summed E-state index contributed by atoms with van der Waals surface area (Å²) in [6, 6.07) is 24.3. The van der Waals surface area contributed by atoms with Crippen molar-refractivity contribution >= 4 is 11.8 Å². The van der Waals surface area contributed by atoms with E-state index in [-0.39, 0.29) is 29.3 Å². The van der Waals surface area contributed by atoms with Gasteiger partial charge in [0, 0.05) is 11.1 Å². The number of rotatable bonds is 8. The number of hydrogen-bond acceptors (Lipinski definition) is 5. The standard InChI is InChI=1S/C29H24O6/c1-18-26(14-13-25(27(18)30)28(31)20-9-11-24(34-2)12-10-20)35-17-19-5-3-6-21(15-19)22-7-4-8-23(16-22)29(32)33/h3-16,30H,17H2,1-2H3,(H,32,33). The maximum atomic E-state index is 12.9. The SMILES string of the molecule is COc1ccc(C(=O)c2ccc(OCc3cccc(-c4cccc(C(=O)O)c4)c3)c(C)c2O)cc1. The summed E-state index contributed by atoms with van der Waals surface area (Å²) in [6.45, 7) is 1.93. The highest BCUT2D eigenvalue weighted by molar-refractivity contribution is 6.11. The minimum atomic E-state index is -0.976. The number of phenolic OH excluding ortho intramolecular Hbond substituents is 1. The fraction of sp³-hybridized carbons (Fsp3) is 0.103. The molecule has 0 spiro atoms. The maximum absolute atomic E-state index is 12.9. The van der Waals surface area contributed by atoms with Crippen LogP contribution < -0.4 is 9.47 Å². The Bertz CT molecular complexity index is 1390. The molecule has 0 fully saturated rings. The molecular weight excluding hydrogens is 444 g/mol. The first-order chi connectivity index (χ1) is 16.9. The number of ketones is 1. The Morgan fingerprint density at radius 2 is 1.51 bits per heavy atom. The zero-order valence-corrected chi connectivity index (χ0v) is 19.3. The third-order valence-corrected chi connectivity index (χ3v) is 5.74. The molecule has 35 heavy (non-hydrogen) atoms. The van der Waals surface area contributed by atoms with Gasteiger partial charge >= 0.3 is 5.97 Å². The number of carbonyl (C=O) groups excluding carboxylic acids is 1. The lowest BCUT2D eigenvalue weighted by Crippen LogP contribution is -2.04. The second-order valence-corrected chi connectivity index (χ2v) is 8.02. The Hall–Kier alpha value is -4.58. The van der Waals surface area contributed by atoms with E-state index in [2.05, 4.69) is 0 Å². The van der Waals surface area contributed by atoms with Crippen LogP contribution in [0.15, 0.2) is 84.9 Å². The average Bonchev–Trinajstić information content (AvgIpc) is 2.89. The highest BCUT2D eigenvalue weighted by atomic mass is 16.5. The van der Waals surface area contributed by atoms with E-state index in [9.17, 15) is 19.8 Å². The number of methoxy groups -OCH3 is 1. The topological polar surface area (TPSA) is 93.1 Å². The van der Waals surface area contributed by atoms with Crippen molar-refractivity contribution in [2.75, 3.05) is 7.11 Å². The number of carboxylic acids is 1. The largest absolute Gasteiger partial charge is 0.507 e. The number of carboxylic acid groups (broad SMARTS) is 1. The van der Waals surface area contributed by atoms with Crippen molar-refractivity contribution in [1.29, 1.82) is 0 Å². The van der Waals surface area contributed by atoms with Crippen molar-refractivity contribution in [2.45, 2.75) is 13.5 Å². The quantitative estimate of drug-likeness (QED) is 0.314. The van der Waals surface area contributed by atoms with Gasteiger partial charge < -0.3 is 19.7 Å². The van der Waals surface area contributed by atoms with E-state index >= 15 is 0 Å². The number of benzene rings is 4. The van der Waals surface area contributed by atoms with E-state index in [0.717, 1.165) is 16.7 Å². The summed E-state index contributed by atoms with van der Waals surface area (Å²) in [5.74, 6) is -0.286. The van der Waals surface area contributed by atoms with Gasteiger partial charge in [-0.1, -0.05) is 30.3 Å². The van der Waals surface area contributed by atoms with Crippen LogP contribution >= 0.6 is 0 Å². The molecule has 4 aromatic carbocycles. The normalized spacial score (nSPS) is 10.6. The van der Waals surface area contributed by atoms with Crippen LogP contribution in [0.4, 0.5) is 0 Å². The molecule has 0 aromatic heterocycles. The lowest BCUT2D eigenvalue weighted by molar-refractivity contribution is 0.0696. The van der Waals surface area contributed by atoms with Crippen molar-refractivity contribution in [2.24, 2.45) is 0 Å². The predicted molar refractivity (Wildman–Crippen MR) is 132 cm³/mol. The predicted octanol–water partition coefficient (Wildman–Crippen LogP) is 5.88. The molecule has 0 saturated heterocycles. The van der Waals surface area contributed by atoms with Gasteiger partial charge in [0.05, 0.1) is 18.2 Å². The molecule has 176 valence electrons. The first kappa shape index (κ1) is 23.6. The third kappa shape index (κ3) is 5.17. The van der Waals surface area contributed by atoms with Crippen LogP contribution in [-0.4, -0.2) is 29.1 Å². The zero-order chi connectivity index (χ0) is 24.9. The van der Waals surface area contributed by atoms with Gasteiger partial charge in [-0.3, -0.25) is 4.79 Å². The molecule has 0 aliphatic rings. The summed E-state index contributed by atoms with van der Waals surface area (Å²) in [4.78, 5) is 24.1. The number of hydrogen-bond donors (Lipinski definition) is 2. The number of ether oxygens (including phenoxy) is 2. The molecule has 0 amide bonds. The molecule has 0 heterocycles. The molecule has 0 radical (unpaired) electrons. The van der Waals surface area contributed by atoms with Gasteiger partial charge in [-0.2, -0.15) is 0 Å². The average molecular weight is 469 g/mol. The summed E-state index contributed by atoms with van der Waals surface area (Å²) in [5, 5.41) is 19.9. The van der Waals surface area contributed by atoms with Gasteiger partial charge in [0.15, 0.2) is 5.78 Å². The zero-order valence-electron chi connectivity index (χ0n) is 19.3. The first-order valence-electron chi connectivity index (χ1n) is 10.9. The number of aromatic hydroxyl groups is 1. The molecule has 4 rings (SSSR count). The molecule has 6 nitrogen and oxygen atoms in total. The van der Waals surface area contributed by atoms with Crippen LogP contribution in [0.2, 0.25) is 0 Å². The molecule has 0 saturated carbocycles. The fourth-order valence-corrected chi connectivity index (χ4v) is 3.75. The smallest absolute Gasteiger partial charge is 0.335 e. The molecule has 0 bridgehead atoms. The lowest BCUT2D eigenvalue weighted by atomic mass is 9.99. The highest BCUT2D eigenvalue weighted by Crippen LogP contribution is 2.33. The van der Waals surface area contributed by atoms with Gasteiger partial charge in [-0.05, 0) is 78.2 Å². The van der Waals surface area contributed by atoms with Crippen LogP contribution in [0.5, 0.6) is 17.2 Å². The van der Waals surface area contributed by atoms with Crippen LogP contribution in [0.3, 0.4) is 0 Å². The molecule has 0 aliphatic heterocycles.